The van der Waals surface area contributed by atoms with E-state index in [1.54, 1.807) is 31.2 Å². The number of primary amides is 1. The fourth-order valence-corrected chi connectivity index (χ4v) is 2.54. The Morgan fingerprint density at radius 2 is 1.70 bits per heavy atom. The van der Waals surface area contributed by atoms with Crippen LogP contribution >= 0.6 is 0 Å². The third kappa shape index (κ3) is 8.48. The van der Waals surface area contributed by atoms with Crippen LogP contribution in [0.3, 0.4) is 0 Å². The number of alkyl carbamates (subject to hydrolysis) is 1. The van der Waals surface area contributed by atoms with Crippen molar-refractivity contribution in [3.8, 4) is 0 Å². The zero-order chi connectivity index (χ0) is 22.7. The van der Waals surface area contributed by atoms with Crippen LogP contribution in [0.1, 0.15) is 32.8 Å². The first-order valence-corrected chi connectivity index (χ1v) is 9.57. The highest BCUT2D eigenvalue weighted by atomic mass is 16.5. The summed E-state index contributed by atoms with van der Waals surface area (Å²) < 4.78 is 9.91. The molecule has 0 radical (unpaired) electrons. The predicted octanol–water partition coefficient (Wildman–Crippen LogP) is 0.222. The largest absolute Gasteiger partial charge is 0.466 e. The van der Waals surface area contributed by atoms with E-state index in [9.17, 15) is 24.3 Å². The first-order chi connectivity index (χ1) is 14.1. The average molecular weight is 423 g/mol. The van der Waals surface area contributed by atoms with Gasteiger partial charge in [0.2, 0.25) is 11.8 Å². The number of amides is 3. The Labute approximate surface area is 175 Å². The Bertz CT molecular complexity index is 724. The maximum atomic E-state index is 12.5. The Morgan fingerprint density at radius 3 is 2.23 bits per heavy atom. The molecule has 0 aliphatic rings. The van der Waals surface area contributed by atoms with Gasteiger partial charge in [-0.25, -0.2) is 4.79 Å². The highest BCUT2D eigenvalue weighted by Crippen LogP contribution is 2.09. The molecular formula is C20H29N3O7. The van der Waals surface area contributed by atoms with E-state index < -0.39 is 48.0 Å². The molecule has 3 amide bonds. The molecule has 0 saturated carbocycles. The number of ether oxygens (including phenoxy) is 2. The molecule has 0 unspecified atom stereocenters. The van der Waals surface area contributed by atoms with Gasteiger partial charge in [-0.05, 0) is 25.8 Å². The number of carbonyl (C=O) groups is 4. The molecule has 0 aliphatic carbocycles. The molecule has 5 N–H and O–H groups in total. The molecule has 30 heavy (non-hydrogen) atoms. The molecule has 0 aliphatic heterocycles. The summed E-state index contributed by atoms with van der Waals surface area (Å²) in [4.78, 5) is 48.0. The lowest BCUT2D eigenvalue weighted by Gasteiger charge is -2.24. The minimum atomic E-state index is -1.40. The molecule has 0 fully saturated rings. The summed E-state index contributed by atoms with van der Waals surface area (Å²) in [6, 6.07) is 6.31. The quantitative estimate of drug-likeness (QED) is 0.371. The standard InChI is InChI=1S/C20H29N3O7/c1-4-29-19(27)12(2)10-15(17(21)25)22-18(26)16(13(3)24)23-20(28)30-11-14-8-6-5-7-9-14/h5-9,12-13,15-16,24H,4,10-11H2,1-3H3,(H2,21,25)(H,22,26)(H,23,28)/t12-,13-,15-,16+/m1/s1. The van der Waals surface area contributed by atoms with E-state index in [0.29, 0.717) is 0 Å². The number of benzene rings is 1. The van der Waals surface area contributed by atoms with Gasteiger partial charge in [-0.1, -0.05) is 37.3 Å². The summed E-state index contributed by atoms with van der Waals surface area (Å²) in [7, 11) is 0. The van der Waals surface area contributed by atoms with Crippen LogP contribution in [0, 0.1) is 5.92 Å². The van der Waals surface area contributed by atoms with Gasteiger partial charge in [0.25, 0.3) is 0 Å². The number of nitrogens with two attached hydrogens (primary N) is 1. The molecule has 1 rings (SSSR count). The normalized spacial score (nSPS) is 14.5. The fraction of sp³-hybridized carbons (Fsp3) is 0.500. The van der Waals surface area contributed by atoms with E-state index in [0.717, 1.165) is 5.56 Å². The topological polar surface area (TPSA) is 157 Å². The second-order valence-electron chi connectivity index (χ2n) is 6.78. The Morgan fingerprint density at radius 1 is 1.07 bits per heavy atom. The lowest BCUT2D eigenvalue weighted by molar-refractivity contribution is -0.148. The number of hydrogen-bond acceptors (Lipinski definition) is 7. The third-order valence-electron chi connectivity index (χ3n) is 4.19. The molecule has 0 aromatic heterocycles. The zero-order valence-corrected chi connectivity index (χ0v) is 17.3. The first kappa shape index (κ1) is 24.9. The average Bonchev–Trinajstić information content (AvgIpc) is 2.70. The van der Waals surface area contributed by atoms with Crippen molar-refractivity contribution in [1.29, 1.82) is 0 Å². The van der Waals surface area contributed by atoms with Crippen molar-refractivity contribution in [2.24, 2.45) is 11.7 Å². The molecule has 1 aromatic rings. The number of rotatable bonds is 11. The maximum absolute atomic E-state index is 12.5. The maximum Gasteiger partial charge on any atom is 0.408 e. The van der Waals surface area contributed by atoms with Gasteiger partial charge in [-0.3, -0.25) is 14.4 Å². The van der Waals surface area contributed by atoms with Crippen LogP contribution < -0.4 is 16.4 Å². The molecule has 10 nitrogen and oxygen atoms in total. The van der Waals surface area contributed by atoms with Crippen molar-refractivity contribution in [3.63, 3.8) is 0 Å². The second kappa shape index (κ2) is 12.4. The summed E-state index contributed by atoms with van der Waals surface area (Å²) in [5.41, 5.74) is 6.06. The highest BCUT2D eigenvalue weighted by Gasteiger charge is 2.31. The summed E-state index contributed by atoms with van der Waals surface area (Å²) in [5.74, 6) is -2.94. The Hall–Kier alpha value is -3.14. The van der Waals surface area contributed by atoms with Gasteiger partial charge in [-0.15, -0.1) is 0 Å². The van der Waals surface area contributed by atoms with Gasteiger partial charge in [-0.2, -0.15) is 0 Å². The number of aliphatic hydroxyl groups excluding tert-OH is 1. The molecule has 0 spiro atoms. The molecule has 4 atom stereocenters. The monoisotopic (exact) mass is 423 g/mol. The predicted molar refractivity (Wildman–Crippen MR) is 107 cm³/mol. The van der Waals surface area contributed by atoms with Gasteiger partial charge in [0, 0.05) is 0 Å². The van der Waals surface area contributed by atoms with Crippen molar-refractivity contribution in [2.75, 3.05) is 6.61 Å². The van der Waals surface area contributed by atoms with Gasteiger partial charge in [0.15, 0.2) is 0 Å². The highest BCUT2D eigenvalue weighted by molar-refractivity contribution is 5.91. The van der Waals surface area contributed by atoms with E-state index in [4.69, 9.17) is 15.2 Å². The summed E-state index contributed by atoms with van der Waals surface area (Å²) in [5, 5.41) is 14.5. The van der Waals surface area contributed by atoms with Crippen LogP contribution in [0.15, 0.2) is 30.3 Å². The van der Waals surface area contributed by atoms with Crippen molar-refractivity contribution in [2.45, 2.75) is 52.0 Å². The van der Waals surface area contributed by atoms with Crippen molar-refractivity contribution in [3.05, 3.63) is 35.9 Å². The van der Waals surface area contributed by atoms with E-state index in [-0.39, 0.29) is 19.6 Å². The number of nitrogens with one attached hydrogen (secondary N) is 2. The second-order valence-corrected chi connectivity index (χ2v) is 6.78. The molecule has 10 heteroatoms. The number of carbonyl (C=O) groups excluding carboxylic acids is 4. The van der Waals surface area contributed by atoms with Crippen LogP contribution in [0.4, 0.5) is 4.79 Å². The lowest BCUT2D eigenvalue weighted by Crippen LogP contribution is -2.57. The van der Waals surface area contributed by atoms with E-state index in [2.05, 4.69) is 10.6 Å². The Balaban J connectivity index is 2.70. The van der Waals surface area contributed by atoms with Crippen LogP contribution in [0.5, 0.6) is 0 Å². The number of hydrogen-bond donors (Lipinski definition) is 4. The Kier molecular flexibility index (Phi) is 10.3. The smallest absolute Gasteiger partial charge is 0.408 e. The van der Waals surface area contributed by atoms with Gasteiger partial charge in [0.05, 0.1) is 18.6 Å². The van der Waals surface area contributed by atoms with E-state index >= 15 is 0 Å². The molecular weight excluding hydrogens is 394 g/mol. The molecule has 0 bridgehead atoms. The van der Waals surface area contributed by atoms with Gasteiger partial charge < -0.3 is 30.9 Å². The number of esters is 1. The number of aliphatic hydroxyl groups is 1. The summed E-state index contributed by atoms with van der Waals surface area (Å²) in [6.07, 6.45) is -2.30. The zero-order valence-electron chi connectivity index (χ0n) is 17.3. The molecule has 0 heterocycles. The van der Waals surface area contributed by atoms with Crippen molar-refractivity contribution >= 4 is 23.9 Å². The fourth-order valence-electron chi connectivity index (χ4n) is 2.54. The van der Waals surface area contributed by atoms with Crippen LogP contribution in [0.2, 0.25) is 0 Å². The minimum absolute atomic E-state index is 0.0260. The van der Waals surface area contributed by atoms with Crippen LogP contribution in [0.25, 0.3) is 0 Å². The molecule has 0 saturated heterocycles. The first-order valence-electron chi connectivity index (χ1n) is 9.57. The van der Waals surface area contributed by atoms with Crippen molar-refractivity contribution in [1.82, 2.24) is 10.6 Å². The van der Waals surface area contributed by atoms with E-state index in [1.807, 2.05) is 6.07 Å². The summed E-state index contributed by atoms with van der Waals surface area (Å²) >= 11 is 0. The molecule has 166 valence electrons. The van der Waals surface area contributed by atoms with Gasteiger partial charge >= 0.3 is 12.1 Å². The van der Waals surface area contributed by atoms with Gasteiger partial charge in [0.1, 0.15) is 18.7 Å². The minimum Gasteiger partial charge on any atom is -0.466 e. The van der Waals surface area contributed by atoms with E-state index in [1.165, 1.54) is 13.8 Å². The summed E-state index contributed by atoms with van der Waals surface area (Å²) in [6.45, 7) is 4.62. The van der Waals surface area contributed by atoms with Crippen molar-refractivity contribution < 1.29 is 33.8 Å². The van der Waals surface area contributed by atoms with Crippen LogP contribution in [-0.2, 0) is 30.5 Å². The molecule has 1 aromatic carbocycles. The lowest BCUT2D eigenvalue weighted by atomic mass is 10.0. The third-order valence-corrected chi connectivity index (χ3v) is 4.19. The SMILES string of the molecule is CCOC(=O)[C@H](C)C[C@@H](NC(=O)[C@@H](NC(=O)OCc1ccccc1)[C@@H](C)O)C(N)=O. The van der Waals surface area contributed by atoms with Crippen LogP contribution in [-0.4, -0.2) is 53.8 Å².